The van der Waals surface area contributed by atoms with Gasteiger partial charge in [0.2, 0.25) is 0 Å². The summed E-state index contributed by atoms with van der Waals surface area (Å²) in [5.74, 6) is 0.278. The van der Waals surface area contributed by atoms with Crippen molar-refractivity contribution in [3.05, 3.63) is 66.2 Å². The number of hydrogen-bond donors (Lipinski definition) is 0. The molecular weight excluding hydrogens is 274 g/mol. The molecule has 4 rings (SSSR count). The fourth-order valence-corrected chi connectivity index (χ4v) is 3.68. The number of para-hydroxylation sites is 1. The van der Waals surface area contributed by atoms with E-state index in [1.807, 2.05) is 53.6 Å². The lowest BCUT2D eigenvalue weighted by atomic mass is 9.79. The Kier molecular flexibility index (Phi) is 3.43. The normalized spacial score (nSPS) is 27.7. The zero-order valence-corrected chi connectivity index (χ0v) is 12.4. The Balaban J connectivity index is 1.78. The predicted octanol–water partition coefficient (Wildman–Crippen LogP) is 3.92. The van der Waals surface area contributed by atoms with Crippen molar-refractivity contribution in [2.24, 2.45) is 5.92 Å². The quantitative estimate of drug-likeness (QED) is 0.840. The molecule has 0 bridgehead atoms. The zero-order chi connectivity index (χ0) is 14.9. The molecule has 22 heavy (non-hydrogen) atoms. The van der Waals surface area contributed by atoms with E-state index in [0.717, 1.165) is 24.1 Å². The zero-order valence-electron chi connectivity index (χ0n) is 12.4. The van der Waals surface area contributed by atoms with Crippen LogP contribution >= 0.6 is 0 Å². The number of fused-ring (bicyclic) bond motifs is 1. The molecule has 1 saturated heterocycles. The van der Waals surface area contributed by atoms with Crippen LogP contribution < -0.4 is 5.06 Å². The fraction of sp³-hybridized carbons (Fsp3) is 0.316. The van der Waals surface area contributed by atoms with Gasteiger partial charge in [0.15, 0.2) is 0 Å². The van der Waals surface area contributed by atoms with Crippen molar-refractivity contribution in [2.75, 3.05) is 5.06 Å². The first-order valence-corrected chi connectivity index (χ1v) is 7.93. The summed E-state index contributed by atoms with van der Waals surface area (Å²) in [5.41, 5.74) is 2.16. The van der Waals surface area contributed by atoms with E-state index in [2.05, 4.69) is 12.1 Å². The van der Waals surface area contributed by atoms with Crippen LogP contribution in [-0.2, 0) is 9.63 Å². The third-order valence-corrected chi connectivity index (χ3v) is 4.68. The van der Waals surface area contributed by atoms with Crippen LogP contribution in [0.25, 0.3) is 0 Å². The number of rotatable bonds is 2. The van der Waals surface area contributed by atoms with Crippen LogP contribution in [0.15, 0.2) is 60.7 Å². The lowest BCUT2D eigenvalue weighted by Gasteiger charge is -2.27. The molecule has 2 aromatic carbocycles. The van der Waals surface area contributed by atoms with Gasteiger partial charge in [0.25, 0.3) is 0 Å². The van der Waals surface area contributed by atoms with Crippen LogP contribution in [0.5, 0.6) is 0 Å². The van der Waals surface area contributed by atoms with E-state index in [1.54, 1.807) is 0 Å². The lowest BCUT2D eigenvalue weighted by molar-refractivity contribution is -0.127. The van der Waals surface area contributed by atoms with Gasteiger partial charge in [-0.15, -0.1) is 0 Å². The number of hydrogen-bond acceptors (Lipinski definition) is 3. The largest absolute Gasteiger partial charge is 0.299 e. The predicted molar refractivity (Wildman–Crippen MR) is 85.3 cm³/mol. The third-order valence-electron chi connectivity index (χ3n) is 4.68. The van der Waals surface area contributed by atoms with Gasteiger partial charge in [-0.2, -0.15) is 0 Å². The maximum Gasteiger partial charge on any atom is 0.141 e. The molecule has 1 aliphatic carbocycles. The minimum atomic E-state index is -0.0589. The molecule has 0 spiro atoms. The maximum atomic E-state index is 12.5. The highest BCUT2D eigenvalue weighted by Gasteiger charge is 2.49. The molecule has 1 saturated carbocycles. The summed E-state index contributed by atoms with van der Waals surface area (Å²) in [7, 11) is 0. The van der Waals surface area contributed by atoms with Crippen molar-refractivity contribution in [1.82, 2.24) is 0 Å². The number of carbonyl (C=O) groups is 1. The van der Waals surface area contributed by atoms with Gasteiger partial charge in [-0.25, -0.2) is 5.06 Å². The van der Waals surface area contributed by atoms with Crippen molar-refractivity contribution in [3.63, 3.8) is 0 Å². The fourth-order valence-electron chi connectivity index (χ4n) is 3.68. The van der Waals surface area contributed by atoms with Crippen molar-refractivity contribution in [2.45, 2.75) is 31.4 Å². The number of anilines is 1. The molecule has 1 heterocycles. The minimum absolute atomic E-state index is 0.00617. The van der Waals surface area contributed by atoms with Crippen LogP contribution in [0.2, 0.25) is 0 Å². The van der Waals surface area contributed by atoms with Gasteiger partial charge in [0.05, 0.1) is 23.8 Å². The molecule has 1 aliphatic heterocycles. The van der Waals surface area contributed by atoms with Crippen molar-refractivity contribution in [1.29, 1.82) is 0 Å². The molecule has 3 heteroatoms. The second kappa shape index (κ2) is 5.58. The van der Waals surface area contributed by atoms with Crippen LogP contribution in [-0.4, -0.2) is 11.9 Å². The van der Waals surface area contributed by atoms with Crippen molar-refractivity contribution < 1.29 is 9.63 Å². The van der Waals surface area contributed by atoms with Gasteiger partial charge < -0.3 is 0 Å². The number of ketones is 1. The second-order valence-corrected chi connectivity index (χ2v) is 6.05. The molecule has 0 aromatic heterocycles. The van der Waals surface area contributed by atoms with Crippen LogP contribution in [0.4, 0.5) is 5.69 Å². The first-order chi connectivity index (χ1) is 10.8. The molecule has 0 N–H and O–H groups in total. The summed E-state index contributed by atoms with van der Waals surface area (Å²) in [6.07, 6.45) is 2.58. The van der Waals surface area contributed by atoms with E-state index in [9.17, 15) is 4.79 Å². The molecule has 0 radical (unpaired) electrons. The van der Waals surface area contributed by atoms with E-state index >= 15 is 0 Å². The molecule has 2 aromatic rings. The number of Topliss-reactive ketones (excluding diaryl/α,β-unsaturated/α-hetero) is 1. The Morgan fingerprint density at radius 3 is 2.36 bits per heavy atom. The second-order valence-electron chi connectivity index (χ2n) is 6.05. The highest BCUT2D eigenvalue weighted by atomic mass is 16.7. The summed E-state index contributed by atoms with van der Waals surface area (Å²) in [5, 5.41) is 1.95. The van der Waals surface area contributed by atoms with E-state index in [0.29, 0.717) is 12.2 Å². The van der Waals surface area contributed by atoms with E-state index in [-0.39, 0.29) is 18.1 Å². The van der Waals surface area contributed by atoms with E-state index in [1.165, 1.54) is 0 Å². The highest BCUT2D eigenvalue weighted by Crippen LogP contribution is 2.46. The average molecular weight is 293 g/mol. The Labute approximate surface area is 130 Å². The van der Waals surface area contributed by atoms with Crippen molar-refractivity contribution >= 4 is 11.5 Å². The Hall–Kier alpha value is -2.13. The van der Waals surface area contributed by atoms with E-state index in [4.69, 9.17) is 4.84 Å². The number of nitrogens with zero attached hydrogens (tertiary/aromatic N) is 1. The summed E-state index contributed by atoms with van der Waals surface area (Å²) in [6, 6.07) is 20.3. The molecule has 112 valence electrons. The lowest BCUT2D eigenvalue weighted by Crippen LogP contribution is -2.32. The smallest absolute Gasteiger partial charge is 0.141 e. The van der Waals surface area contributed by atoms with Gasteiger partial charge in [-0.1, -0.05) is 48.5 Å². The van der Waals surface area contributed by atoms with Gasteiger partial charge >= 0.3 is 0 Å². The summed E-state index contributed by atoms with van der Waals surface area (Å²) >= 11 is 0. The summed E-state index contributed by atoms with van der Waals surface area (Å²) in [4.78, 5) is 18.7. The van der Waals surface area contributed by atoms with Gasteiger partial charge in [-0.05, 0) is 30.5 Å². The first kappa shape index (κ1) is 13.5. The third kappa shape index (κ3) is 2.22. The van der Waals surface area contributed by atoms with Gasteiger partial charge in [0.1, 0.15) is 5.78 Å². The molecule has 0 unspecified atom stereocenters. The summed E-state index contributed by atoms with van der Waals surface area (Å²) in [6.45, 7) is 0. The summed E-state index contributed by atoms with van der Waals surface area (Å²) < 4.78 is 0. The monoisotopic (exact) mass is 293 g/mol. The Morgan fingerprint density at radius 2 is 1.64 bits per heavy atom. The first-order valence-electron chi connectivity index (χ1n) is 7.93. The highest BCUT2D eigenvalue weighted by molar-refractivity contribution is 5.84. The van der Waals surface area contributed by atoms with Crippen LogP contribution in [0.3, 0.4) is 0 Å². The van der Waals surface area contributed by atoms with Crippen LogP contribution in [0, 0.1) is 5.92 Å². The van der Waals surface area contributed by atoms with Crippen molar-refractivity contribution in [3.8, 4) is 0 Å². The number of hydroxylamine groups is 1. The average Bonchev–Trinajstić information content (AvgIpc) is 2.97. The number of carbonyl (C=O) groups excluding carboxylic acids is 1. The molecule has 2 fully saturated rings. The minimum Gasteiger partial charge on any atom is -0.299 e. The Bertz CT molecular complexity index is 656. The topological polar surface area (TPSA) is 29.5 Å². The molecule has 0 amide bonds. The van der Waals surface area contributed by atoms with Gasteiger partial charge in [-0.3, -0.25) is 9.63 Å². The van der Waals surface area contributed by atoms with Crippen LogP contribution in [0.1, 0.15) is 30.9 Å². The molecule has 2 aliphatic rings. The standard InChI is InChI=1S/C19H19NO2/c21-16-12-7-13-17-18(16)19(14-8-3-1-4-9-14)20(22-17)15-10-5-2-6-11-15/h1-6,8-11,17-19H,7,12-13H2/t17-,18+,19-/m0/s1. The maximum absolute atomic E-state index is 12.5. The molecule has 3 atom stereocenters. The van der Waals surface area contributed by atoms with E-state index < -0.39 is 0 Å². The molecular formula is C19H19NO2. The Morgan fingerprint density at radius 1 is 0.955 bits per heavy atom. The SMILES string of the molecule is O=C1CCC[C@@H]2ON(c3ccccc3)[C@@H](c3ccccc3)[C@H]12. The van der Waals surface area contributed by atoms with Gasteiger partial charge in [0, 0.05) is 6.42 Å². The number of benzene rings is 2. The molecule has 3 nitrogen and oxygen atoms in total.